The molecule has 0 aromatic carbocycles. The molecular weight excluding hydrogens is 226 g/mol. The Morgan fingerprint density at radius 1 is 1.18 bits per heavy atom. The van der Waals surface area contributed by atoms with Gasteiger partial charge in [0.1, 0.15) is 0 Å². The van der Waals surface area contributed by atoms with Crippen LogP contribution in [0.2, 0.25) is 0 Å². The second kappa shape index (κ2) is 5.09. The van der Waals surface area contributed by atoms with Crippen molar-refractivity contribution in [1.82, 2.24) is 4.90 Å². The Balaban J connectivity index is 1.79. The predicted molar refractivity (Wildman–Crippen MR) is 75.0 cm³/mol. The van der Waals surface area contributed by atoms with Crippen molar-refractivity contribution in [3.63, 3.8) is 0 Å². The summed E-state index contributed by atoms with van der Waals surface area (Å²) in [6.45, 7) is 2.52. The van der Waals surface area contributed by atoms with Gasteiger partial charge >= 0.3 is 0 Å². The zero-order valence-electron chi connectivity index (χ0n) is 10.2. The highest BCUT2D eigenvalue weighted by Crippen LogP contribution is 2.32. The lowest BCUT2D eigenvalue weighted by molar-refractivity contribution is 0.291. The summed E-state index contributed by atoms with van der Waals surface area (Å²) in [7, 11) is 0. The molecule has 17 heavy (non-hydrogen) atoms. The van der Waals surface area contributed by atoms with Crippen LogP contribution in [0.1, 0.15) is 37.0 Å². The van der Waals surface area contributed by atoms with Crippen LogP contribution in [0.5, 0.6) is 0 Å². The van der Waals surface area contributed by atoms with E-state index in [1.54, 1.807) is 5.57 Å². The lowest BCUT2D eigenvalue weighted by Gasteiger charge is -2.30. The minimum Gasteiger partial charge on any atom is -0.372 e. The molecule has 0 radical (unpaired) electrons. The summed E-state index contributed by atoms with van der Waals surface area (Å²) in [5.41, 5.74) is 3.08. The third-order valence-corrected chi connectivity index (χ3v) is 4.46. The summed E-state index contributed by atoms with van der Waals surface area (Å²) in [5.74, 6) is 0. The summed E-state index contributed by atoms with van der Waals surface area (Å²) < 4.78 is 0. The molecule has 1 aromatic heterocycles. The van der Waals surface area contributed by atoms with Crippen LogP contribution in [0.25, 0.3) is 6.08 Å². The first kappa shape index (κ1) is 11.1. The van der Waals surface area contributed by atoms with Gasteiger partial charge in [-0.05, 0) is 55.2 Å². The van der Waals surface area contributed by atoms with Gasteiger partial charge in [0.15, 0.2) is 0 Å². The average molecular weight is 245 g/mol. The van der Waals surface area contributed by atoms with E-state index < -0.39 is 0 Å². The first-order chi connectivity index (χ1) is 8.43. The maximum atomic E-state index is 2.59. The molecule has 1 aliphatic heterocycles. The van der Waals surface area contributed by atoms with E-state index in [4.69, 9.17) is 0 Å². The van der Waals surface area contributed by atoms with Crippen LogP contribution in [0.4, 0.5) is 0 Å². The van der Waals surface area contributed by atoms with Gasteiger partial charge in [-0.25, -0.2) is 0 Å². The van der Waals surface area contributed by atoms with Gasteiger partial charge in [-0.3, -0.25) is 0 Å². The Kier molecular flexibility index (Phi) is 3.32. The van der Waals surface area contributed by atoms with Gasteiger partial charge in [0, 0.05) is 23.7 Å². The summed E-state index contributed by atoms with van der Waals surface area (Å²) in [5, 5.41) is 2.16. The van der Waals surface area contributed by atoms with Crippen molar-refractivity contribution in [2.24, 2.45) is 0 Å². The van der Waals surface area contributed by atoms with E-state index in [9.17, 15) is 0 Å². The molecule has 3 rings (SSSR count). The Hall–Kier alpha value is -1.02. The van der Waals surface area contributed by atoms with Gasteiger partial charge in [0.25, 0.3) is 0 Å². The highest BCUT2D eigenvalue weighted by Gasteiger charge is 2.19. The summed E-state index contributed by atoms with van der Waals surface area (Å²) in [6.07, 6.45) is 11.4. The number of rotatable bonds is 2. The Bertz CT molecular complexity index is 422. The molecule has 0 saturated carbocycles. The third-order valence-electron chi connectivity index (χ3n) is 3.64. The molecule has 0 atom stereocenters. The van der Waals surface area contributed by atoms with E-state index in [1.165, 1.54) is 55.8 Å². The van der Waals surface area contributed by atoms with E-state index in [0.717, 1.165) is 0 Å². The maximum absolute atomic E-state index is 2.59. The van der Waals surface area contributed by atoms with Crippen molar-refractivity contribution < 1.29 is 0 Å². The normalized spacial score (nSPS) is 23.2. The zero-order valence-corrected chi connectivity index (χ0v) is 11.0. The van der Waals surface area contributed by atoms with Crippen molar-refractivity contribution in [1.29, 1.82) is 0 Å². The van der Waals surface area contributed by atoms with Crippen LogP contribution < -0.4 is 0 Å². The minimum absolute atomic E-state index is 1.23. The fourth-order valence-electron chi connectivity index (χ4n) is 2.78. The fraction of sp³-hybridized carbons (Fsp3) is 0.467. The van der Waals surface area contributed by atoms with Crippen molar-refractivity contribution in [3.8, 4) is 0 Å². The number of allylic oxidation sites excluding steroid dienone is 2. The molecule has 1 nitrogen and oxygen atoms in total. The van der Waals surface area contributed by atoms with Crippen molar-refractivity contribution in [2.75, 3.05) is 13.1 Å². The Morgan fingerprint density at radius 2 is 2.06 bits per heavy atom. The van der Waals surface area contributed by atoms with Gasteiger partial charge in [-0.2, -0.15) is 0 Å². The number of hydrogen-bond donors (Lipinski definition) is 0. The minimum atomic E-state index is 1.23. The summed E-state index contributed by atoms with van der Waals surface area (Å²) in [4.78, 5) is 3.99. The molecule has 0 amide bonds. The van der Waals surface area contributed by atoms with E-state index in [2.05, 4.69) is 34.6 Å². The first-order valence-electron chi connectivity index (χ1n) is 6.63. The molecule has 0 unspecified atom stereocenters. The second-order valence-electron chi connectivity index (χ2n) is 4.86. The molecule has 1 fully saturated rings. The quantitative estimate of drug-likeness (QED) is 0.751. The average Bonchev–Trinajstić information content (AvgIpc) is 3.02. The Labute approximate surface area is 107 Å². The third kappa shape index (κ3) is 2.47. The monoisotopic (exact) mass is 245 g/mol. The molecule has 0 N–H and O–H groups in total. The maximum Gasteiger partial charge on any atom is 0.0358 e. The fourth-order valence-corrected chi connectivity index (χ4v) is 3.46. The molecule has 1 aromatic rings. The highest BCUT2D eigenvalue weighted by molar-refractivity contribution is 7.10. The van der Waals surface area contributed by atoms with Gasteiger partial charge < -0.3 is 4.90 Å². The van der Waals surface area contributed by atoms with Crippen LogP contribution in [-0.4, -0.2) is 18.0 Å². The molecule has 1 aliphatic carbocycles. The van der Waals surface area contributed by atoms with E-state index >= 15 is 0 Å². The van der Waals surface area contributed by atoms with Crippen LogP contribution in [-0.2, 0) is 0 Å². The number of piperidine rings is 1. The molecule has 2 aliphatic rings. The zero-order chi connectivity index (χ0) is 11.5. The predicted octanol–water partition coefficient (Wildman–Crippen LogP) is 4.30. The lowest BCUT2D eigenvalue weighted by atomic mass is 10.1. The summed E-state index contributed by atoms with van der Waals surface area (Å²) >= 11 is 1.84. The number of thiophene rings is 1. The molecular formula is C15H19NS. The Morgan fingerprint density at radius 3 is 2.82 bits per heavy atom. The standard InChI is InChI=1S/C15H19NS/c1-2-9-16(10-3-1)15-8-4-6-13(15)12-14-7-5-11-17-14/h5,7-8,11-12H,1-4,6,9-10H2. The van der Waals surface area contributed by atoms with E-state index in [1.807, 2.05) is 11.3 Å². The highest BCUT2D eigenvalue weighted by atomic mass is 32.1. The van der Waals surface area contributed by atoms with Gasteiger partial charge in [0.05, 0.1) is 0 Å². The second-order valence-corrected chi connectivity index (χ2v) is 5.84. The largest absolute Gasteiger partial charge is 0.372 e. The van der Waals surface area contributed by atoms with Crippen LogP contribution in [0.3, 0.4) is 0 Å². The van der Waals surface area contributed by atoms with Crippen molar-refractivity contribution in [3.05, 3.63) is 39.7 Å². The van der Waals surface area contributed by atoms with Gasteiger partial charge in [-0.15, -0.1) is 11.3 Å². The smallest absolute Gasteiger partial charge is 0.0358 e. The number of hydrogen-bond acceptors (Lipinski definition) is 2. The topological polar surface area (TPSA) is 3.24 Å². The molecule has 2 heterocycles. The molecule has 0 bridgehead atoms. The van der Waals surface area contributed by atoms with Gasteiger partial charge in [0.2, 0.25) is 0 Å². The van der Waals surface area contributed by atoms with Crippen molar-refractivity contribution in [2.45, 2.75) is 32.1 Å². The van der Waals surface area contributed by atoms with Crippen LogP contribution in [0.15, 0.2) is 34.9 Å². The van der Waals surface area contributed by atoms with E-state index in [0.29, 0.717) is 0 Å². The molecule has 0 spiro atoms. The van der Waals surface area contributed by atoms with E-state index in [-0.39, 0.29) is 0 Å². The number of likely N-dealkylation sites (tertiary alicyclic amines) is 1. The van der Waals surface area contributed by atoms with Crippen LogP contribution >= 0.6 is 11.3 Å². The van der Waals surface area contributed by atoms with Crippen molar-refractivity contribution >= 4 is 17.4 Å². The summed E-state index contributed by atoms with van der Waals surface area (Å²) in [6, 6.07) is 4.35. The van der Waals surface area contributed by atoms with Crippen LogP contribution in [0, 0.1) is 0 Å². The molecule has 2 heteroatoms. The molecule has 1 saturated heterocycles. The lowest BCUT2D eigenvalue weighted by Crippen LogP contribution is -2.28. The first-order valence-corrected chi connectivity index (χ1v) is 7.51. The van der Waals surface area contributed by atoms with Gasteiger partial charge in [-0.1, -0.05) is 12.1 Å². The SMILES string of the molecule is C(=C1CCC=C1N1CCCCC1)c1cccs1. The molecule has 90 valence electrons. The number of nitrogens with zero attached hydrogens (tertiary/aromatic N) is 1.